The number of aromatic nitrogens is 2. The Bertz CT molecular complexity index is 351. The average Bonchev–Trinajstić information content (AvgIpc) is 2.28. The molecule has 1 rings (SSSR count). The summed E-state index contributed by atoms with van der Waals surface area (Å²) in [5, 5.41) is 0.453. The minimum Gasteiger partial charge on any atom is -0.356 e. The number of rotatable bonds is 5. The van der Waals surface area contributed by atoms with Crippen LogP contribution in [-0.4, -0.2) is 35.1 Å². The topological polar surface area (TPSA) is 29.0 Å². The van der Waals surface area contributed by atoms with E-state index in [9.17, 15) is 0 Å². The van der Waals surface area contributed by atoms with Crippen molar-refractivity contribution in [2.45, 2.75) is 19.4 Å². The second-order valence-electron chi connectivity index (χ2n) is 3.54. The normalized spacial score (nSPS) is 12.6. The highest BCUT2D eigenvalue weighted by Gasteiger charge is 2.15. The van der Waals surface area contributed by atoms with Gasteiger partial charge < -0.3 is 4.90 Å². The van der Waals surface area contributed by atoms with E-state index in [1.54, 1.807) is 0 Å². The van der Waals surface area contributed by atoms with Crippen molar-refractivity contribution in [1.29, 1.82) is 0 Å². The fourth-order valence-corrected chi connectivity index (χ4v) is 2.47. The van der Waals surface area contributed by atoms with E-state index in [2.05, 4.69) is 44.0 Å². The van der Waals surface area contributed by atoms with Gasteiger partial charge in [0.2, 0.25) is 0 Å². The first-order valence-electron chi connectivity index (χ1n) is 4.95. The molecule has 0 saturated carbocycles. The summed E-state index contributed by atoms with van der Waals surface area (Å²) < 4.78 is 0.759. The Morgan fingerprint density at radius 3 is 2.88 bits per heavy atom. The molecular formula is C10H15BrClN3S. The molecule has 0 aromatic carbocycles. The van der Waals surface area contributed by atoms with Crippen molar-refractivity contribution in [3.63, 3.8) is 0 Å². The van der Waals surface area contributed by atoms with Gasteiger partial charge in [-0.1, -0.05) is 11.6 Å². The third kappa shape index (κ3) is 3.50. The molecule has 0 fully saturated rings. The summed E-state index contributed by atoms with van der Waals surface area (Å²) in [4.78, 5) is 10.3. The summed E-state index contributed by atoms with van der Waals surface area (Å²) >= 11 is 11.2. The van der Waals surface area contributed by atoms with E-state index < -0.39 is 0 Å². The van der Waals surface area contributed by atoms with Crippen LogP contribution in [0.5, 0.6) is 0 Å². The average molecular weight is 325 g/mol. The molecule has 0 N–H and O–H groups in total. The highest BCUT2D eigenvalue weighted by atomic mass is 79.9. The summed E-state index contributed by atoms with van der Waals surface area (Å²) in [7, 11) is 2.02. The molecule has 0 saturated heterocycles. The maximum absolute atomic E-state index is 5.94. The maximum atomic E-state index is 5.94. The Labute approximate surface area is 114 Å². The summed E-state index contributed by atoms with van der Waals surface area (Å²) in [6.45, 7) is 2.18. The van der Waals surface area contributed by atoms with Gasteiger partial charge >= 0.3 is 0 Å². The third-order valence-electron chi connectivity index (χ3n) is 2.46. The molecule has 0 aliphatic heterocycles. The van der Waals surface area contributed by atoms with Crippen molar-refractivity contribution in [2.24, 2.45) is 0 Å². The fourth-order valence-electron chi connectivity index (χ4n) is 1.28. The molecule has 0 aliphatic rings. The Morgan fingerprint density at radius 1 is 1.56 bits per heavy atom. The van der Waals surface area contributed by atoms with Crippen LogP contribution in [0.1, 0.15) is 13.3 Å². The monoisotopic (exact) mass is 323 g/mol. The number of hydrogen-bond donors (Lipinski definition) is 0. The number of nitrogens with zero attached hydrogens (tertiary/aromatic N) is 3. The minimum atomic E-state index is 0.426. The molecule has 3 nitrogen and oxygen atoms in total. The van der Waals surface area contributed by atoms with E-state index >= 15 is 0 Å². The first kappa shape index (κ1) is 14.1. The molecule has 0 spiro atoms. The maximum Gasteiger partial charge on any atom is 0.148 e. The molecule has 1 aromatic rings. The summed E-state index contributed by atoms with van der Waals surface area (Å²) in [6.07, 6.45) is 4.72. The van der Waals surface area contributed by atoms with Gasteiger partial charge in [0.15, 0.2) is 0 Å². The first-order valence-corrected chi connectivity index (χ1v) is 7.52. The highest BCUT2D eigenvalue weighted by molar-refractivity contribution is 9.10. The molecule has 16 heavy (non-hydrogen) atoms. The molecule has 1 aromatic heterocycles. The van der Waals surface area contributed by atoms with Gasteiger partial charge in [0, 0.05) is 13.1 Å². The van der Waals surface area contributed by atoms with E-state index in [4.69, 9.17) is 11.6 Å². The van der Waals surface area contributed by atoms with Crippen LogP contribution < -0.4 is 4.90 Å². The van der Waals surface area contributed by atoms with Crippen molar-refractivity contribution < 1.29 is 0 Å². The van der Waals surface area contributed by atoms with Crippen LogP contribution in [0, 0.1) is 0 Å². The van der Waals surface area contributed by atoms with E-state index in [1.807, 2.05) is 18.8 Å². The highest BCUT2D eigenvalue weighted by Crippen LogP contribution is 2.29. The van der Waals surface area contributed by atoms with E-state index in [1.165, 1.54) is 6.33 Å². The number of anilines is 1. The molecule has 0 radical (unpaired) electrons. The molecule has 90 valence electrons. The zero-order valence-electron chi connectivity index (χ0n) is 9.57. The van der Waals surface area contributed by atoms with Crippen LogP contribution in [0.25, 0.3) is 0 Å². The smallest absolute Gasteiger partial charge is 0.148 e. The molecule has 1 atom stereocenters. The molecule has 1 heterocycles. The quantitative estimate of drug-likeness (QED) is 0.776. The van der Waals surface area contributed by atoms with E-state index in [0.29, 0.717) is 11.2 Å². The Morgan fingerprint density at radius 2 is 2.25 bits per heavy atom. The van der Waals surface area contributed by atoms with Crippen molar-refractivity contribution in [1.82, 2.24) is 9.97 Å². The minimum absolute atomic E-state index is 0.426. The van der Waals surface area contributed by atoms with Crippen LogP contribution >= 0.6 is 39.3 Å². The van der Waals surface area contributed by atoms with Gasteiger partial charge in [0.25, 0.3) is 0 Å². The summed E-state index contributed by atoms with van der Waals surface area (Å²) in [6, 6.07) is 0.426. The zero-order valence-corrected chi connectivity index (χ0v) is 12.7. The van der Waals surface area contributed by atoms with Gasteiger partial charge in [0.1, 0.15) is 17.3 Å². The fraction of sp³-hybridized carbons (Fsp3) is 0.600. The Kier molecular flexibility index (Phi) is 5.86. The predicted octanol–water partition coefficient (Wildman–Crippen LogP) is 3.47. The molecular weight excluding hydrogens is 310 g/mol. The van der Waals surface area contributed by atoms with Crippen LogP contribution in [-0.2, 0) is 0 Å². The molecule has 6 heteroatoms. The van der Waals surface area contributed by atoms with Gasteiger partial charge in [-0.3, -0.25) is 0 Å². The zero-order chi connectivity index (χ0) is 12.1. The van der Waals surface area contributed by atoms with Gasteiger partial charge in [0.05, 0.1) is 4.47 Å². The molecule has 1 unspecified atom stereocenters. The lowest BCUT2D eigenvalue weighted by Gasteiger charge is -2.26. The lowest BCUT2D eigenvalue weighted by Crippen LogP contribution is -2.30. The largest absolute Gasteiger partial charge is 0.356 e. The second-order valence-corrected chi connectivity index (χ2v) is 5.68. The lowest BCUT2D eigenvalue weighted by molar-refractivity contribution is 0.660. The standard InChI is InChI=1S/C10H15BrClN3S/c1-7(4-5-16-3)15(2)10-8(11)9(12)13-6-14-10/h6-7H,4-5H2,1-3H3. The first-order chi connectivity index (χ1) is 7.57. The van der Waals surface area contributed by atoms with Crippen LogP contribution in [0.4, 0.5) is 5.82 Å². The van der Waals surface area contributed by atoms with Crippen LogP contribution in [0.2, 0.25) is 5.15 Å². The van der Waals surface area contributed by atoms with Gasteiger partial charge in [-0.05, 0) is 41.3 Å². The van der Waals surface area contributed by atoms with Crippen molar-refractivity contribution in [2.75, 3.05) is 24.0 Å². The lowest BCUT2D eigenvalue weighted by atomic mass is 10.2. The Hall–Kier alpha value is -0.0000000000000000555. The Balaban J connectivity index is 2.79. The van der Waals surface area contributed by atoms with Crippen LogP contribution in [0.15, 0.2) is 10.8 Å². The predicted molar refractivity (Wildman–Crippen MR) is 75.6 cm³/mol. The number of hydrogen-bond acceptors (Lipinski definition) is 4. The molecule has 0 amide bonds. The summed E-state index contributed by atoms with van der Waals surface area (Å²) in [5.74, 6) is 1.98. The van der Waals surface area contributed by atoms with E-state index in [-0.39, 0.29) is 0 Å². The van der Waals surface area contributed by atoms with Gasteiger partial charge in [-0.25, -0.2) is 9.97 Å². The van der Waals surface area contributed by atoms with Crippen molar-refractivity contribution in [3.05, 3.63) is 16.0 Å². The second kappa shape index (κ2) is 6.67. The van der Waals surface area contributed by atoms with Crippen molar-refractivity contribution >= 4 is 45.1 Å². The van der Waals surface area contributed by atoms with Crippen molar-refractivity contribution in [3.8, 4) is 0 Å². The molecule has 0 aliphatic carbocycles. The van der Waals surface area contributed by atoms with Gasteiger partial charge in [-0.2, -0.15) is 11.8 Å². The van der Waals surface area contributed by atoms with Gasteiger partial charge in [-0.15, -0.1) is 0 Å². The van der Waals surface area contributed by atoms with E-state index in [0.717, 1.165) is 22.5 Å². The number of halogens is 2. The van der Waals surface area contributed by atoms with Crippen LogP contribution in [0.3, 0.4) is 0 Å². The molecule has 0 bridgehead atoms. The third-order valence-corrected chi connectivity index (χ3v) is 4.35. The SMILES string of the molecule is CSCCC(C)N(C)c1ncnc(Cl)c1Br. The summed E-state index contributed by atoms with van der Waals surface area (Å²) in [5.41, 5.74) is 0. The number of thioether (sulfide) groups is 1.